The number of carbonyl (C=O) groups is 3. The lowest BCUT2D eigenvalue weighted by atomic mass is 9.58. The molecule has 10 N–H and O–H groups in total. The van der Waals surface area contributed by atoms with Crippen LogP contribution in [0.2, 0.25) is 0 Å². The van der Waals surface area contributed by atoms with Gasteiger partial charge in [-0.05, 0) is 24.3 Å². The third-order valence-electron chi connectivity index (χ3n) is 6.43. The summed E-state index contributed by atoms with van der Waals surface area (Å²) in [5.41, 5.74) is 13.8. The minimum absolute atomic E-state index is 0.00637. The van der Waals surface area contributed by atoms with E-state index in [4.69, 9.17) is 17.2 Å². The first kappa shape index (κ1) is 20.1. The fraction of sp³-hybridized carbons (Fsp3) is 0.350. The average molecular weight is 415 g/mol. The normalized spacial score (nSPS) is 30.7. The van der Waals surface area contributed by atoms with Crippen molar-refractivity contribution in [2.75, 3.05) is 0 Å². The van der Waals surface area contributed by atoms with Crippen LogP contribution >= 0.6 is 0 Å². The summed E-state index contributed by atoms with van der Waals surface area (Å²) in [4.78, 5) is 37.5. The molecule has 10 heteroatoms. The van der Waals surface area contributed by atoms with Crippen LogP contribution in [0.5, 0.6) is 5.75 Å². The Balaban J connectivity index is 1.96. The molecule has 0 spiro atoms. The number of phenols is 1. The Morgan fingerprint density at radius 3 is 2.47 bits per heavy atom. The van der Waals surface area contributed by atoms with Crippen molar-refractivity contribution in [3.05, 3.63) is 45.7 Å². The van der Waals surface area contributed by atoms with Crippen molar-refractivity contribution in [3.8, 4) is 5.75 Å². The van der Waals surface area contributed by atoms with Crippen LogP contribution in [0.4, 0.5) is 0 Å². The smallest absolute Gasteiger partial charge is 0.255 e. The average Bonchev–Trinajstić information content (AvgIpc) is 2.68. The Labute approximate surface area is 170 Å². The van der Waals surface area contributed by atoms with Crippen molar-refractivity contribution in [2.24, 2.45) is 29.0 Å². The summed E-state index contributed by atoms with van der Waals surface area (Å²) in [5.74, 6) is -7.23. The first-order valence-electron chi connectivity index (χ1n) is 9.33. The summed E-state index contributed by atoms with van der Waals surface area (Å²) in [6.45, 7) is -0.00637. The molecule has 1 saturated carbocycles. The van der Waals surface area contributed by atoms with Crippen LogP contribution in [0.25, 0.3) is 5.76 Å². The molecule has 1 aromatic carbocycles. The predicted molar refractivity (Wildman–Crippen MR) is 103 cm³/mol. The SMILES string of the molecule is NCc1ccc2c(c1O)C(O)=C1C(=O)[C@]3(O)C(O)=C(C(N)=O)C(=O)[C@@H](N)C3CC1C2. The molecule has 1 amide bonds. The summed E-state index contributed by atoms with van der Waals surface area (Å²) in [5, 5.41) is 43.1. The first-order valence-corrected chi connectivity index (χ1v) is 9.33. The number of hydrogen-bond acceptors (Lipinski definition) is 9. The van der Waals surface area contributed by atoms with Gasteiger partial charge in [-0.2, -0.15) is 0 Å². The third-order valence-corrected chi connectivity index (χ3v) is 6.43. The zero-order valence-corrected chi connectivity index (χ0v) is 15.8. The lowest BCUT2D eigenvalue weighted by Gasteiger charge is -2.48. The molecule has 30 heavy (non-hydrogen) atoms. The van der Waals surface area contributed by atoms with Crippen molar-refractivity contribution >= 4 is 23.2 Å². The highest BCUT2D eigenvalue weighted by Crippen LogP contribution is 2.51. The summed E-state index contributed by atoms with van der Waals surface area (Å²) in [6.07, 6.45) is 0.197. The molecule has 2 unspecified atom stereocenters. The lowest BCUT2D eigenvalue weighted by Crippen LogP contribution is -2.65. The molecule has 0 aliphatic heterocycles. The van der Waals surface area contributed by atoms with E-state index in [1.807, 2.05) is 0 Å². The number of benzene rings is 1. The van der Waals surface area contributed by atoms with Crippen molar-refractivity contribution in [1.29, 1.82) is 0 Å². The van der Waals surface area contributed by atoms with Gasteiger partial charge in [0.1, 0.15) is 22.8 Å². The number of carbonyl (C=O) groups excluding carboxylic acids is 3. The number of aliphatic hydroxyl groups excluding tert-OH is 2. The van der Waals surface area contributed by atoms with Crippen LogP contribution in [0.3, 0.4) is 0 Å². The molecule has 4 rings (SSSR count). The maximum atomic E-state index is 13.3. The van der Waals surface area contributed by atoms with Gasteiger partial charge in [0.05, 0.1) is 11.6 Å². The molecule has 0 radical (unpaired) electrons. The molecule has 0 saturated heterocycles. The van der Waals surface area contributed by atoms with Crippen molar-refractivity contribution in [1.82, 2.24) is 0 Å². The Morgan fingerprint density at radius 1 is 1.20 bits per heavy atom. The molecule has 0 heterocycles. The van der Waals surface area contributed by atoms with E-state index < -0.39 is 58.0 Å². The number of rotatable bonds is 2. The topological polar surface area (TPSA) is 210 Å². The van der Waals surface area contributed by atoms with Gasteiger partial charge in [0.15, 0.2) is 11.4 Å². The Hall–Kier alpha value is -3.21. The zero-order chi connectivity index (χ0) is 22.1. The molecular formula is C20H21N3O7. The van der Waals surface area contributed by atoms with Crippen LogP contribution in [0, 0.1) is 11.8 Å². The molecule has 158 valence electrons. The van der Waals surface area contributed by atoms with E-state index in [1.54, 1.807) is 12.1 Å². The molecule has 0 bridgehead atoms. The molecule has 3 aliphatic rings. The second kappa shape index (κ2) is 6.39. The van der Waals surface area contributed by atoms with Crippen LogP contribution in [-0.2, 0) is 27.3 Å². The van der Waals surface area contributed by atoms with Gasteiger partial charge in [0.25, 0.3) is 5.91 Å². The van der Waals surface area contributed by atoms with Gasteiger partial charge < -0.3 is 37.6 Å². The third kappa shape index (κ3) is 2.32. The fourth-order valence-electron chi connectivity index (χ4n) is 4.90. The number of hydrogen-bond donors (Lipinski definition) is 7. The number of phenolic OH excluding ortho intramolecular Hbond substituents is 1. The van der Waals surface area contributed by atoms with E-state index in [1.165, 1.54) is 0 Å². The van der Waals surface area contributed by atoms with Gasteiger partial charge in [0.2, 0.25) is 5.78 Å². The predicted octanol–water partition coefficient (Wildman–Crippen LogP) is -1.18. The molecule has 1 aromatic rings. The molecule has 0 aromatic heterocycles. The van der Waals surface area contributed by atoms with E-state index >= 15 is 0 Å². The minimum atomic E-state index is -2.70. The summed E-state index contributed by atoms with van der Waals surface area (Å²) < 4.78 is 0. The van der Waals surface area contributed by atoms with Gasteiger partial charge in [-0.25, -0.2) is 0 Å². The van der Waals surface area contributed by atoms with E-state index in [0.29, 0.717) is 11.1 Å². The van der Waals surface area contributed by atoms with Gasteiger partial charge in [-0.3, -0.25) is 14.4 Å². The largest absolute Gasteiger partial charge is 0.508 e. The molecule has 3 aliphatic carbocycles. The van der Waals surface area contributed by atoms with Crippen molar-refractivity contribution < 1.29 is 34.8 Å². The Morgan fingerprint density at radius 2 is 1.87 bits per heavy atom. The summed E-state index contributed by atoms with van der Waals surface area (Å²) in [7, 11) is 0. The number of Topliss-reactive ketones (excluding diaryl/α,β-unsaturated/α-hetero) is 2. The number of fused-ring (bicyclic) bond motifs is 3. The van der Waals surface area contributed by atoms with Crippen LogP contribution in [-0.4, -0.2) is 49.5 Å². The Bertz CT molecular complexity index is 1090. The summed E-state index contributed by atoms with van der Waals surface area (Å²) >= 11 is 0. The standard InChI is InChI=1S/C20H21N3O7/c21-5-7-2-1-6-3-8-4-9-13(22)16(26)12(19(23)29)18(28)20(9,30)17(27)11(8)15(25)10(6)14(7)24/h1-2,8-9,13,24-25,28,30H,3-5,21-22H2,(H2,23,29)/t8?,9?,13-,20-/m0/s1. The first-order chi connectivity index (χ1) is 14.0. The fourth-order valence-corrected chi connectivity index (χ4v) is 4.90. The highest BCUT2D eigenvalue weighted by atomic mass is 16.3. The number of aliphatic hydroxyl groups is 3. The lowest BCUT2D eigenvalue weighted by molar-refractivity contribution is -0.149. The highest BCUT2D eigenvalue weighted by Gasteiger charge is 2.63. The van der Waals surface area contributed by atoms with Gasteiger partial charge in [-0.1, -0.05) is 12.1 Å². The summed E-state index contributed by atoms with van der Waals surface area (Å²) in [6, 6.07) is 1.83. The number of ketones is 2. The van der Waals surface area contributed by atoms with Crippen LogP contribution in [0.15, 0.2) is 29.0 Å². The number of nitrogens with two attached hydrogens (primary N) is 3. The van der Waals surface area contributed by atoms with Gasteiger partial charge in [0, 0.05) is 23.6 Å². The zero-order valence-electron chi connectivity index (χ0n) is 15.8. The Kier molecular flexibility index (Phi) is 4.28. The maximum absolute atomic E-state index is 13.3. The number of aromatic hydroxyl groups is 1. The van der Waals surface area contributed by atoms with Crippen LogP contribution < -0.4 is 17.2 Å². The molecular weight excluding hydrogens is 394 g/mol. The number of primary amides is 1. The molecule has 1 fully saturated rings. The quantitative estimate of drug-likeness (QED) is 0.289. The van der Waals surface area contributed by atoms with E-state index in [-0.39, 0.29) is 36.3 Å². The number of amides is 1. The van der Waals surface area contributed by atoms with Gasteiger partial charge >= 0.3 is 0 Å². The van der Waals surface area contributed by atoms with Crippen molar-refractivity contribution in [2.45, 2.75) is 31.0 Å². The van der Waals surface area contributed by atoms with Gasteiger partial charge in [-0.15, -0.1) is 0 Å². The maximum Gasteiger partial charge on any atom is 0.255 e. The molecule has 10 nitrogen and oxygen atoms in total. The van der Waals surface area contributed by atoms with E-state index in [9.17, 15) is 34.8 Å². The van der Waals surface area contributed by atoms with E-state index in [2.05, 4.69) is 0 Å². The second-order valence-corrected chi connectivity index (χ2v) is 7.89. The van der Waals surface area contributed by atoms with Crippen LogP contribution in [0.1, 0.15) is 23.1 Å². The molecule has 4 atom stereocenters. The van der Waals surface area contributed by atoms with E-state index in [0.717, 1.165) is 0 Å². The second-order valence-electron chi connectivity index (χ2n) is 7.89. The highest BCUT2D eigenvalue weighted by molar-refractivity contribution is 6.24. The monoisotopic (exact) mass is 415 g/mol. The van der Waals surface area contributed by atoms with Crippen molar-refractivity contribution in [3.63, 3.8) is 0 Å². The minimum Gasteiger partial charge on any atom is -0.508 e.